The minimum atomic E-state index is -0.199. The zero-order valence-corrected chi connectivity index (χ0v) is 12.7. The zero-order valence-electron chi connectivity index (χ0n) is 11.9. The average Bonchev–Trinajstić information content (AvgIpc) is 2.49. The smallest absolute Gasteiger partial charge is 0.305 e. The van der Waals surface area contributed by atoms with Gasteiger partial charge in [0.15, 0.2) is 4.77 Å². The first kappa shape index (κ1) is 15.4. The van der Waals surface area contributed by atoms with Gasteiger partial charge in [-0.1, -0.05) is 18.6 Å². The molecular weight excluding hydrogens is 288 g/mol. The predicted molar refractivity (Wildman–Crippen MR) is 83.9 cm³/mol. The van der Waals surface area contributed by atoms with Crippen molar-refractivity contribution in [2.45, 2.75) is 32.2 Å². The standard InChI is InChI=1S/C15H18N2O3S/c1-20-13(18)9-3-2-6-10-17-14(19)11-7-4-5-8-12(11)16-15(17)21/h4-5,7-8H,2-3,6,9-10H2,1H3,(H,16,21). The lowest BCUT2D eigenvalue weighted by Gasteiger charge is -2.07. The normalized spacial score (nSPS) is 10.7. The quantitative estimate of drug-likeness (QED) is 0.506. The number of ether oxygens (including phenoxy) is 1. The van der Waals surface area contributed by atoms with Gasteiger partial charge >= 0.3 is 5.97 Å². The summed E-state index contributed by atoms with van der Waals surface area (Å²) in [4.78, 5) is 26.4. The minimum Gasteiger partial charge on any atom is -0.469 e. The van der Waals surface area contributed by atoms with Crippen molar-refractivity contribution >= 4 is 29.1 Å². The maximum absolute atomic E-state index is 12.4. The molecule has 2 aromatic rings. The van der Waals surface area contributed by atoms with Crippen LogP contribution in [-0.2, 0) is 16.1 Å². The van der Waals surface area contributed by atoms with Gasteiger partial charge in [0, 0.05) is 13.0 Å². The van der Waals surface area contributed by atoms with E-state index in [0.29, 0.717) is 23.1 Å². The number of nitrogens with one attached hydrogen (secondary N) is 1. The number of fused-ring (bicyclic) bond motifs is 1. The highest BCUT2D eigenvalue weighted by atomic mass is 32.1. The van der Waals surface area contributed by atoms with Crippen molar-refractivity contribution < 1.29 is 9.53 Å². The first-order valence-corrected chi connectivity index (χ1v) is 7.33. The molecule has 1 aromatic heterocycles. The van der Waals surface area contributed by atoms with Crippen molar-refractivity contribution in [3.05, 3.63) is 39.4 Å². The molecule has 21 heavy (non-hydrogen) atoms. The van der Waals surface area contributed by atoms with Gasteiger partial charge in [-0.05, 0) is 37.2 Å². The third kappa shape index (κ3) is 3.78. The van der Waals surface area contributed by atoms with Gasteiger partial charge in [0.2, 0.25) is 0 Å². The van der Waals surface area contributed by atoms with Gasteiger partial charge in [-0.25, -0.2) is 0 Å². The Bertz CT molecular complexity index is 748. The molecule has 0 unspecified atom stereocenters. The molecule has 0 saturated heterocycles. The largest absolute Gasteiger partial charge is 0.469 e. The molecule has 0 bridgehead atoms. The predicted octanol–water partition coefficient (Wildman–Crippen LogP) is 2.79. The van der Waals surface area contributed by atoms with Gasteiger partial charge in [0.05, 0.1) is 18.0 Å². The summed E-state index contributed by atoms with van der Waals surface area (Å²) < 4.78 is 6.60. The maximum Gasteiger partial charge on any atom is 0.305 e. The van der Waals surface area contributed by atoms with Crippen LogP contribution in [0, 0.1) is 4.77 Å². The Morgan fingerprint density at radius 2 is 2.05 bits per heavy atom. The van der Waals surface area contributed by atoms with Gasteiger partial charge < -0.3 is 9.72 Å². The van der Waals surface area contributed by atoms with E-state index in [1.54, 1.807) is 10.6 Å². The number of rotatable bonds is 6. The summed E-state index contributed by atoms with van der Waals surface area (Å²) in [6, 6.07) is 7.33. The number of benzene rings is 1. The van der Waals surface area contributed by atoms with Crippen LogP contribution in [0.2, 0.25) is 0 Å². The molecule has 0 spiro atoms. The van der Waals surface area contributed by atoms with Gasteiger partial charge in [-0.15, -0.1) is 0 Å². The molecule has 1 aromatic carbocycles. The van der Waals surface area contributed by atoms with Crippen LogP contribution in [0.15, 0.2) is 29.1 Å². The number of aromatic nitrogens is 2. The van der Waals surface area contributed by atoms with Crippen molar-refractivity contribution in [3.63, 3.8) is 0 Å². The van der Waals surface area contributed by atoms with Gasteiger partial charge in [-0.2, -0.15) is 0 Å². The molecule has 0 aliphatic heterocycles. The number of esters is 1. The summed E-state index contributed by atoms with van der Waals surface area (Å²) in [6.45, 7) is 0.556. The second-order valence-electron chi connectivity index (χ2n) is 4.82. The molecule has 0 aliphatic rings. The first-order chi connectivity index (χ1) is 10.1. The highest BCUT2D eigenvalue weighted by molar-refractivity contribution is 7.71. The SMILES string of the molecule is COC(=O)CCCCCn1c(=S)[nH]c2ccccc2c1=O. The molecule has 1 heterocycles. The Hall–Kier alpha value is -1.95. The van der Waals surface area contributed by atoms with E-state index in [4.69, 9.17) is 12.2 Å². The number of carbonyl (C=O) groups excluding carboxylic acids is 1. The molecule has 0 fully saturated rings. The first-order valence-electron chi connectivity index (χ1n) is 6.92. The van der Waals surface area contributed by atoms with E-state index >= 15 is 0 Å². The number of para-hydroxylation sites is 1. The van der Waals surface area contributed by atoms with E-state index in [1.807, 2.05) is 18.2 Å². The average molecular weight is 306 g/mol. The molecule has 2 rings (SSSR count). The fourth-order valence-corrected chi connectivity index (χ4v) is 2.50. The van der Waals surface area contributed by atoms with Crippen LogP contribution < -0.4 is 5.56 Å². The van der Waals surface area contributed by atoms with Crippen molar-refractivity contribution in [2.75, 3.05) is 7.11 Å². The van der Waals surface area contributed by atoms with Crippen LogP contribution in [0.25, 0.3) is 10.9 Å². The Balaban J connectivity index is 2.04. The Kier molecular flexibility index (Phi) is 5.27. The van der Waals surface area contributed by atoms with Gasteiger partial charge in [0.1, 0.15) is 0 Å². The number of H-pyrrole nitrogens is 1. The van der Waals surface area contributed by atoms with E-state index in [0.717, 1.165) is 24.8 Å². The number of aromatic amines is 1. The molecule has 0 saturated carbocycles. The minimum absolute atomic E-state index is 0.0673. The number of nitrogens with zero attached hydrogens (tertiary/aromatic N) is 1. The number of hydrogen-bond acceptors (Lipinski definition) is 4. The molecule has 0 atom stereocenters. The van der Waals surface area contributed by atoms with Crippen LogP contribution in [0.1, 0.15) is 25.7 Å². The Morgan fingerprint density at radius 3 is 2.81 bits per heavy atom. The van der Waals surface area contributed by atoms with Crippen LogP contribution in [0.3, 0.4) is 0 Å². The molecule has 0 amide bonds. The maximum atomic E-state index is 12.4. The van der Waals surface area contributed by atoms with E-state index in [1.165, 1.54) is 7.11 Å². The third-order valence-electron chi connectivity index (χ3n) is 3.38. The third-order valence-corrected chi connectivity index (χ3v) is 3.70. The van der Waals surface area contributed by atoms with Crippen LogP contribution >= 0.6 is 12.2 Å². The highest BCUT2D eigenvalue weighted by Gasteiger charge is 2.05. The Morgan fingerprint density at radius 1 is 1.29 bits per heavy atom. The monoisotopic (exact) mass is 306 g/mol. The fourth-order valence-electron chi connectivity index (χ4n) is 2.22. The second-order valence-corrected chi connectivity index (χ2v) is 5.21. The van der Waals surface area contributed by atoms with Crippen LogP contribution in [-0.4, -0.2) is 22.6 Å². The summed E-state index contributed by atoms with van der Waals surface area (Å²) in [6.07, 6.45) is 2.82. The summed E-state index contributed by atoms with van der Waals surface area (Å²) in [5.41, 5.74) is 0.691. The van der Waals surface area contributed by atoms with E-state index in [2.05, 4.69) is 9.72 Å². The fraction of sp³-hybridized carbons (Fsp3) is 0.400. The van der Waals surface area contributed by atoms with Crippen molar-refractivity contribution in [1.29, 1.82) is 0 Å². The van der Waals surface area contributed by atoms with E-state index < -0.39 is 0 Å². The lowest BCUT2D eigenvalue weighted by molar-refractivity contribution is -0.140. The number of carbonyl (C=O) groups is 1. The van der Waals surface area contributed by atoms with E-state index in [9.17, 15) is 9.59 Å². The summed E-state index contributed by atoms with van der Waals surface area (Å²) in [7, 11) is 1.39. The van der Waals surface area contributed by atoms with Crippen molar-refractivity contribution in [2.24, 2.45) is 0 Å². The Labute approximate surface area is 127 Å². The molecular formula is C15H18N2O3S. The zero-order chi connectivity index (χ0) is 15.2. The van der Waals surface area contributed by atoms with Crippen LogP contribution in [0.4, 0.5) is 0 Å². The van der Waals surface area contributed by atoms with E-state index in [-0.39, 0.29) is 11.5 Å². The summed E-state index contributed by atoms with van der Waals surface area (Å²) in [5.74, 6) is -0.199. The molecule has 0 aliphatic carbocycles. The van der Waals surface area contributed by atoms with Gasteiger partial charge in [-0.3, -0.25) is 14.2 Å². The van der Waals surface area contributed by atoms with Crippen molar-refractivity contribution in [1.82, 2.24) is 9.55 Å². The lowest BCUT2D eigenvalue weighted by atomic mass is 10.2. The molecule has 0 radical (unpaired) electrons. The molecule has 6 heteroatoms. The highest BCUT2D eigenvalue weighted by Crippen LogP contribution is 2.07. The van der Waals surface area contributed by atoms with Crippen molar-refractivity contribution in [3.8, 4) is 0 Å². The molecule has 112 valence electrons. The number of methoxy groups -OCH3 is 1. The number of hydrogen-bond donors (Lipinski definition) is 1. The summed E-state index contributed by atoms with van der Waals surface area (Å²) >= 11 is 5.24. The lowest BCUT2D eigenvalue weighted by Crippen LogP contribution is -2.22. The summed E-state index contributed by atoms with van der Waals surface area (Å²) in [5, 5.41) is 0.640. The topological polar surface area (TPSA) is 64.1 Å². The van der Waals surface area contributed by atoms with Crippen LogP contribution in [0.5, 0.6) is 0 Å². The number of unbranched alkanes of at least 4 members (excludes halogenated alkanes) is 2. The molecule has 1 N–H and O–H groups in total. The van der Waals surface area contributed by atoms with Gasteiger partial charge in [0.25, 0.3) is 5.56 Å². The molecule has 5 nitrogen and oxygen atoms in total. The second kappa shape index (κ2) is 7.17.